The topological polar surface area (TPSA) is 32.3 Å². The lowest BCUT2D eigenvalue weighted by Gasteiger charge is -2.36. The van der Waals surface area contributed by atoms with Gasteiger partial charge in [0.15, 0.2) is 0 Å². The van der Waals surface area contributed by atoms with Crippen LogP contribution in [0.3, 0.4) is 0 Å². The van der Waals surface area contributed by atoms with Gasteiger partial charge in [-0.25, -0.2) is 9.97 Å². The van der Waals surface area contributed by atoms with Gasteiger partial charge in [0.1, 0.15) is 0 Å². The maximum absolute atomic E-state index is 4.57. The Morgan fingerprint density at radius 2 is 2.18 bits per heavy atom. The summed E-state index contributed by atoms with van der Waals surface area (Å²) in [6.45, 7) is 5.58. The van der Waals surface area contributed by atoms with Crippen LogP contribution in [0.15, 0.2) is 12.3 Å². The Morgan fingerprint density at radius 3 is 3.00 bits per heavy atom. The van der Waals surface area contributed by atoms with Crippen molar-refractivity contribution in [2.45, 2.75) is 25.8 Å². The third-order valence-corrected chi connectivity index (χ3v) is 4.08. The Morgan fingerprint density at radius 1 is 1.29 bits per heavy atom. The van der Waals surface area contributed by atoms with Gasteiger partial charge in [-0.05, 0) is 45.3 Å². The number of anilines is 1. The van der Waals surface area contributed by atoms with E-state index in [0.29, 0.717) is 6.04 Å². The van der Waals surface area contributed by atoms with Crippen molar-refractivity contribution in [3.05, 3.63) is 18.0 Å². The first-order valence-electron chi connectivity index (χ1n) is 6.49. The predicted octanol–water partition coefficient (Wildman–Crippen LogP) is 1.32. The van der Waals surface area contributed by atoms with E-state index < -0.39 is 0 Å². The van der Waals surface area contributed by atoms with Crippen molar-refractivity contribution >= 4 is 5.95 Å². The molecule has 1 aromatic rings. The van der Waals surface area contributed by atoms with Crippen LogP contribution in [0.5, 0.6) is 0 Å². The lowest BCUT2D eigenvalue weighted by Crippen LogP contribution is -2.44. The smallest absolute Gasteiger partial charge is 0.225 e. The quantitative estimate of drug-likeness (QED) is 0.731. The molecule has 92 valence electrons. The number of hydrogen-bond donors (Lipinski definition) is 0. The third-order valence-electron chi connectivity index (χ3n) is 4.08. The van der Waals surface area contributed by atoms with E-state index in [2.05, 4.69) is 26.8 Å². The highest BCUT2D eigenvalue weighted by Gasteiger charge is 2.38. The SMILES string of the molecule is Cc1ccnc(N2CC[C@@H]3CN(C)CCC32)n1. The lowest BCUT2D eigenvalue weighted by molar-refractivity contribution is 0.202. The summed E-state index contributed by atoms with van der Waals surface area (Å²) in [5, 5.41) is 0. The normalized spacial score (nSPS) is 29.4. The van der Waals surface area contributed by atoms with Crippen molar-refractivity contribution in [1.29, 1.82) is 0 Å². The standard InChI is InChI=1S/C13H20N4/c1-10-3-6-14-13(15-10)17-8-4-11-9-16(2)7-5-12(11)17/h3,6,11-12H,4-5,7-9H2,1-2H3/t11-,12?/m1/s1. The van der Waals surface area contributed by atoms with Gasteiger partial charge in [0, 0.05) is 31.0 Å². The van der Waals surface area contributed by atoms with Crippen LogP contribution < -0.4 is 4.90 Å². The van der Waals surface area contributed by atoms with Gasteiger partial charge in [-0.2, -0.15) is 0 Å². The van der Waals surface area contributed by atoms with Crippen LogP contribution >= 0.6 is 0 Å². The van der Waals surface area contributed by atoms with Gasteiger partial charge in [-0.3, -0.25) is 0 Å². The maximum atomic E-state index is 4.57. The minimum Gasteiger partial charge on any atom is -0.337 e. The Kier molecular flexibility index (Phi) is 2.74. The van der Waals surface area contributed by atoms with Gasteiger partial charge < -0.3 is 9.80 Å². The number of rotatable bonds is 1. The zero-order valence-corrected chi connectivity index (χ0v) is 10.6. The average molecular weight is 232 g/mol. The molecule has 3 rings (SSSR count). The molecular formula is C13H20N4. The first-order valence-corrected chi connectivity index (χ1v) is 6.49. The maximum Gasteiger partial charge on any atom is 0.225 e. The molecule has 0 spiro atoms. The Bertz CT molecular complexity index is 406. The van der Waals surface area contributed by atoms with Crippen LogP contribution in [0.2, 0.25) is 0 Å². The van der Waals surface area contributed by atoms with Gasteiger partial charge >= 0.3 is 0 Å². The molecule has 4 heteroatoms. The molecule has 2 atom stereocenters. The highest BCUT2D eigenvalue weighted by molar-refractivity contribution is 5.35. The fraction of sp³-hybridized carbons (Fsp3) is 0.692. The zero-order chi connectivity index (χ0) is 11.8. The number of fused-ring (bicyclic) bond motifs is 1. The highest BCUT2D eigenvalue weighted by Crippen LogP contribution is 2.32. The van der Waals surface area contributed by atoms with Crippen molar-refractivity contribution in [3.63, 3.8) is 0 Å². The molecule has 2 aliphatic rings. The third kappa shape index (κ3) is 2.02. The predicted molar refractivity (Wildman–Crippen MR) is 68.1 cm³/mol. The molecule has 0 N–H and O–H groups in total. The molecule has 4 nitrogen and oxygen atoms in total. The van der Waals surface area contributed by atoms with E-state index in [1.165, 1.54) is 25.9 Å². The summed E-state index contributed by atoms with van der Waals surface area (Å²) in [7, 11) is 2.22. The molecule has 1 aromatic heterocycles. The number of aryl methyl sites for hydroxylation is 1. The molecule has 17 heavy (non-hydrogen) atoms. The van der Waals surface area contributed by atoms with Crippen molar-refractivity contribution < 1.29 is 0 Å². The van der Waals surface area contributed by atoms with E-state index in [1.807, 2.05) is 19.2 Å². The van der Waals surface area contributed by atoms with E-state index in [0.717, 1.165) is 24.1 Å². The molecule has 2 fully saturated rings. The first-order chi connectivity index (χ1) is 8.24. The molecule has 1 unspecified atom stereocenters. The minimum atomic E-state index is 0.660. The van der Waals surface area contributed by atoms with Crippen molar-refractivity contribution in [2.24, 2.45) is 5.92 Å². The van der Waals surface area contributed by atoms with Crippen LogP contribution in [-0.4, -0.2) is 47.6 Å². The number of hydrogen-bond acceptors (Lipinski definition) is 4. The summed E-state index contributed by atoms with van der Waals surface area (Å²) >= 11 is 0. The summed E-state index contributed by atoms with van der Waals surface area (Å²) in [4.78, 5) is 13.9. The Balaban J connectivity index is 1.81. The van der Waals surface area contributed by atoms with Gasteiger partial charge in [0.05, 0.1) is 0 Å². The molecule has 0 radical (unpaired) electrons. The summed E-state index contributed by atoms with van der Waals surface area (Å²) in [6.07, 6.45) is 4.41. The largest absolute Gasteiger partial charge is 0.337 e. The van der Waals surface area contributed by atoms with E-state index in [9.17, 15) is 0 Å². The molecule has 2 saturated heterocycles. The van der Waals surface area contributed by atoms with E-state index in [4.69, 9.17) is 0 Å². The number of nitrogens with zero attached hydrogens (tertiary/aromatic N) is 4. The van der Waals surface area contributed by atoms with E-state index in [1.54, 1.807) is 0 Å². The summed E-state index contributed by atoms with van der Waals surface area (Å²) in [5.74, 6) is 1.74. The van der Waals surface area contributed by atoms with Gasteiger partial charge in [0.25, 0.3) is 0 Å². The Labute approximate surface area is 103 Å². The second-order valence-electron chi connectivity index (χ2n) is 5.36. The number of piperidine rings is 1. The fourth-order valence-corrected chi connectivity index (χ4v) is 3.19. The van der Waals surface area contributed by atoms with Crippen LogP contribution in [0, 0.1) is 12.8 Å². The van der Waals surface area contributed by atoms with Crippen molar-refractivity contribution in [1.82, 2.24) is 14.9 Å². The molecular weight excluding hydrogens is 212 g/mol. The van der Waals surface area contributed by atoms with Gasteiger partial charge in [0.2, 0.25) is 5.95 Å². The van der Waals surface area contributed by atoms with Gasteiger partial charge in [-0.15, -0.1) is 0 Å². The summed E-state index contributed by atoms with van der Waals surface area (Å²) < 4.78 is 0. The molecule has 0 aromatic carbocycles. The monoisotopic (exact) mass is 232 g/mol. The minimum absolute atomic E-state index is 0.660. The molecule has 3 heterocycles. The molecule has 0 saturated carbocycles. The van der Waals surface area contributed by atoms with Crippen LogP contribution in [-0.2, 0) is 0 Å². The second-order valence-corrected chi connectivity index (χ2v) is 5.36. The van der Waals surface area contributed by atoms with Crippen molar-refractivity contribution in [3.8, 4) is 0 Å². The van der Waals surface area contributed by atoms with Crippen LogP contribution in [0.1, 0.15) is 18.5 Å². The van der Waals surface area contributed by atoms with Crippen molar-refractivity contribution in [2.75, 3.05) is 31.6 Å². The van der Waals surface area contributed by atoms with E-state index >= 15 is 0 Å². The number of likely N-dealkylation sites (tertiary alicyclic amines) is 1. The van der Waals surface area contributed by atoms with Gasteiger partial charge in [-0.1, -0.05) is 0 Å². The molecule has 0 amide bonds. The number of aromatic nitrogens is 2. The zero-order valence-electron chi connectivity index (χ0n) is 10.6. The molecule has 0 aliphatic carbocycles. The summed E-state index contributed by atoms with van der Waals surface area (Å²) in [6, 6.07) is 2.62. The molecule has 0 bridgehead atoms. The van der Waals surface area contributed by atoms with E-state index in [-0.39, 0.29) is 0 Å². The van der Waals surface area contributed by atoms with Crippen LogP contribution in [0.25, 0.3) is 0 Å². The fourth-order valence-electron chi connectivity index (χ4n) is 3.19. The highest BCUT2D eigenvalue weighted by atomic mass is 15.3. The summed E-state index contributed by atoms with van der Waals surface area (Å²) in [5.41, 5.74) is 1.06. The second kappa shape index (κ2) is 4.26. The van der Waals surface area contributed by atoms with Crippen LogP contribution in [0.4, 0.5) is 5.95 Å². The Hall–Kier alpha value is -1.16. The average Bonchev–Trinajstić information content (AvgIpc) is 2.71. The lowest BCUT2D eigenvalue weighted by atomic mass is 9.93. The first kappa shape index (κ1) is 11.0. The molecule has 2 aliphatic heterocycles.